The Hall–Kier alpha value is -3.03. The summed E-state index contributed by atoms with van der Waals surface area (Å²) in [5, 5.41) is 0.394. The summed E-state index contributed by atoms with van der Waals surface area (Å²) >= 11 is 0. The standard InChI is InChI=1S/C18H13F4N3O/c1-9-14(19)3-2-10-4-11(6-18(20,21)22)16(25-15(9)10)12-5-13(17(23)26)8-24-7-12/h2-5,7-8H,6H2,1H3,(H2,23,26). The van der Waals surface area contributed by atoms with Crippen molar-refractivity contribution in [2.75, 3.05) is 0 Å². The third kappa shape index (κ3) is 3.49. The van der Waals surface area contributed by atoms with Crippen LogP contribution in [0.15, 0.2) is 36.7 Å². The molecule has 26 heavy (non-hydrogen) atoms. The molecular weight excluding hydrogens is 350 g/mol. The third-order valence-corrected chi connectivity index (χ3v) is 3.94. The highest BCUT2D eigenvalue weighted by Gasteiger charge is 2.30. The van der Waals surface area contributed by atoms with Crippen LogP contribution in [0.5, 0.6) is 0 Å². The number of carbonyl (C=O) groups excluding carboxylic acids is 1. The minimum absolute atomic E-state index is 0.0147. The van der Waals surface area contributed by atoms with Gasteiger partial charge in [0.15, 0.2) is 0 Å². The van der Waals surface area contributed by atoms with Crippen LogP contribution in [0, 0.1) is 12.7 Å². The number of benzene rings is 1. The molecule has 0 atom stereocenters. The van der Waals surface area contributed by atoms with Crippen LogP contribution in [-0.2, 0) is 6.42 Å². The van der Waals surface area contributed by atoms with Gasteiger partial charge in [-0.05, 0) is 36.8 Å². The lowest BCUT2D eigenvalue weighted by Gasteiger charge is -2.14. The van der Waals surface area contributed by atoms with E-state index in [0.717, 1.165) is 0 Å². The molecule has 0 radical (unpaired) electrons. The molecule has 1 amide bonds. The average molecular weight is 363 g/mol. The molecule has 1 aromatic carbocycles. The number of hydrogen-bond acceptors (Lipinski definition) is 3. The Kier molecular flexibility index (Phi) is 4.35. The number of primary amides is 1. The lowest BCUT2D eigenvalue weighted by molar-refractivity contribution is -0.127. The predicted molar refractivity (Wildman–Crippen MR) is 87.9 cm³/mol. The third-order valence-electron chi connectivity index (χ3n) is 3.94. The summed E-state index contributed by atoms with van der Waals surface area (Å²) in [7, 11) is 0. The molecule has 3 aromatic rings. The van der Waals surface area contributed by atoms with Gasteiger partial charge < -0.3 is 5.73 Å². The van der Waals surface area contributed by atoms with Crippen LogP contribution in [-0.4, -0.2) is 22.1 Å². The molecule has 0 aliphatic carbocycles. The van der Waals surface area contributed by atoms with Crippen LogP contribution in [0.25, 0.3) is 22.2 Å². The van der Waals surface area contributed by atoms with E-state index in [1.165, 1.54) is 43.6 Å². The Morgan fingerprint density at radius 3 is 2.58 bits per heavy atom. The summed E-state index contributed by atoms with van der Waals surface area (Å²) in [5.74, 6) is -1.27. The molecule has 2 aromatic heterocycles. The number of rotatable bonds is 3. The molecule has 0 spiro atoms. The minimum Gasteiger partial charge on any atom is -0.366 e. The first-order valence-corrected chi connectivity index (χ1v) is 7.56. The number of pyridine rings is 2. The molecule has 0 aliphatic heterocycles. The first-order valence-electron chi connectivity index (χ1n) is 7.56. The molecule has 0 saturated heterocycles. The smallest absolute Gasteiger partial charge is 0.366 e. The lowest BCUT2D eigenvalue weighted by atomic mass is 9.99. The van der Waals surface area contributed by atoms with Gasteiger partial charge in [0.1, 0.15) is 5.82 Å². The van der Waals surface area contributed by atoms with E-state index in [4.69, 9.17) is 5.73 Å². The number of hydrogen-bond donors (Lipinski definition) is 1. The predicted octanol–water partition coefficient (Wildman–Crippen LogP) is 3.95. The largest absolute Gasteiger partial charge is 0.393 e. The number of fused-ring (bicyclic) bond motifs is 1. The zero-order chi connectivity index (χ0) is 19.1. The molecular formula is C18H13F4N3O. The van der Waals surface area contributed by atoms with E-state index >= 15 is 0 Å². The normalized spacial score (nSPS) is 11.7. The van der Waals surface area contributed by atoms with E-state index in [-0.39, 0.29) is 33.5 Å². The Labute approximate surface area is 145 Å². The van der Waals surface area contributed by atoms with Gasteiger partial charge in [0.05, 0.1) is 23.2 Å². The number of amides is 1. The Morgan fingerprint density at radius 2 is 1.92 bits per heavy atom. The summed E-state index contributed by atoms with van der Waals surface area (Å²) in [5.41, 5.74) is 5.80. The van der Waals surface area contributed by atoms with Crippen LogP contribution in [0.3, 0.4) is 0 Å². The fourth-order valence-electron chi connectivity index (χ4n) is 2.71. The van der Waals surface area contributed by atoms with E-state index in [2.05, 4.69) is 9.97 Å². The molecule has 8 heteroatoms. The number of aromatic nitrogens is 2. The molecule has 0 bridgehead atoms. The summed E-state index contributed by atoms with van der Waals surface area (Å²) in [6.45, 7) is 1.50. The highest BCUT2D eigenvalue weighted by molar-refractivity contribution is 5.94. The molecule has 3 rings (SSSR count). The van der Waals surface area contributed by atoms with Crippen molar-refractivity contribution in [3.63, 3.8) is 0 Å². The van der Waals surface area contributed by atoms with Crippen molar-refractivity contribution in [3.8, 4) is 11.3 Å². The second kappa shape index (κ2) is 6.36. The summed E-state index contributed by atoms with van der Waals surface area (Å²) in [4.78, 5) is 19.4. The summed E-state index contributed by atoms with van der Waals surface area (Å²) < 4.78 is 52.9. The molecule has 0 saturated carbocycles. The highest BCUT2D eigenvalue weighted by atomic mass is 19.4. The van der Waals surface area contributed by atoms with Crippen LogP contribution in [0.4, 0.5) is 17.6 Å². The minimum atomic E-state index is -4.46. The van der Waals surface area contributed by atoms with Crippen LogP contribution < -0.4 is 5.73 Å². The number of halogens is 4. The molecule has 0 fully saturated rings. The Balaban J connectivity index is 2.30. The van der Waals surface area contributed by atoms with Gasteiger partial charge in [-0.25, -0.2) is 9.37 Å². The maximum atomic E-state index is 13.8. The van der Waals surface area contributed by atoms with Crippen molar-refractivity contribution in [1.82, 2.24) is 9.97 Å². The Morgan fingerprint density at radius 1 is 1.19 bits per heavy atom. The number of alkyl halides is 3. The average Bonchev–Trinajstić information content (AvgIpc) is 2.56. The lowest BCUT2D eigenvalue weighted by Crippen LogP contribution is -2.14. The zero-order valence-corrected chi connectivity index (χ0v) is 13.6. The zero-order valence-electron chi connectivity index (χ0n) is 13.6. The maximum absolute atomic E-state index is 13.8. The van der Waals surface area contributed by atoms with Crippen LogP contribution in [0.1, 0.15) is 21.5 Å². The van der Waals surface area contributed by atoms with Crippen LogP contribution in [0.2, 0.25) is 0 Å². The maximum Gasteiger partial charge on any atom is 0.393 e. The molecule has 2 heterocycles. The van der Waals surface area contributed by atoms with E-state index < -0.39 is 24.3 Å². The van der Waals surface area contributed by atoms with E-state index in [0.29, 0.717) is 5.39 Å². The molecule has 134 valence electrons. The van der Waals surface area contributed by atoms with Gasteiger partial charge in [-0.15, -0.1) is 0 Å². The quantitative estimate of drug-likeness (QED) is 0.717. The molecule has 4 nitrogen and oxygen atoms in total. The topological polar surface area (TPSA) is 68.9 Å². The summed E-state index contributed by atoms with van der Waals surface area (Å²) in [6, 6.07) is 5.21. The van der Waals surface area contributed by atoms with Crippen molar-refractivity contribution in [1.29, 1.82) is 0 Å². The van der Waals surface area contributed by atoms with Gasteiger partial charge in [0.2, 0.25) is 5.91 Å². The number of carbonyl (C=O) groups is 1. The second-order valence-electron chi connectivity index (χ2n) is 5.86. The van der Waals surface area contributed by atoms with Gasteiger partial charge >= 0.3 is 6.18 Å². The van der Waals surface area contributed by atoms with Crippen molar-refractivity contribution >= 4 is 16.8 Å². The first-order chi connectivity index (χ1) is 12.2. The molecule has 0 aliphatic rings. The van der Waals surface area contributed by atoms with Gasteiger partial charge in [-0.2, -0.15) is 13.2 Å². The number of aryl methyl sites for hydroxylation is 1. The van der Waals surface area contributed by atoms with Crippen LogP contribution >= 0.6 is 0 Å². The monoisotopic (exact) mass is 363 g/mol. The van der Waals surface area contributed by atoms with Crippen molar-refractivity contribution in [3.05, 3.63) is 59.2 Å². The van der Waals surface area contributed by atoms with Crippen molar-refractivity contribution in [2.45, 2.75) is 19.5 Å². The Bertz CT molecular complexity index is 1020. The number of nitrogens with zero attached hydrogens (tertiary/aromatic N) is 2. The molecule has 2 N–H and O–H groups in total. The van der Waals surface area contributed by atoms with Crippen molar-refractivity contribution < 1.29 is 22.4 Å². The molecule has 0 unspecified atom stereocenters. The van der Waals surface area contributed by atoms with Gasteiger partial charge in [0, 0.05) is 28.9 Å². The number of nitrogens with two attached hydrogens (primary N) is 1. The van der Waals surface area contributed by atoms with E-state index in [1.54, 1.807) is 0 Å². The van der Waals surface area contributed by atoms with E-state index in [1.807, 2.05) is 0 Å². The van der Waals surface area contributed by atoms with Gasteiger partial charge in [-0.3, -0.25) is 9.78 Å². The fourth-order valence-corrected chi connectivity index (χ4v) is 2.71. The second-order valence-corrected chi connectivity index (χ2v) is 5.86. The summed E-state index contributed by atoms with van der Waals surface area (Å²) in [6.07, 6.45) is -3.19. The van der Waals surface area contributed by atoms with E-state index in [9.17, 15) is 22.4 Å². The van der Waals surface area contributed by atoms with Crippen molar-refractivity contribution in [2.24, 2.45) is 5.73 Å². The SMILES string of the molecule is Cc1c(F)ccc2cc(CC(F)(F)F)c(-c3cncc(C(N)=O)c3)nc12. The fraction of sp³-hybridized carbons (Fsp3) is 0.167. The first kappa shape index (κ1) is 17.8. The highest BCUT2D eigenvalue weighted by Crippen LogP contribution is 2.32. The van der Waals surface area contributed by atoms with Gasteiger partial charge in [-0.1, -0.05) is 0 Å². The van der Waals surface area contributed by atoms with Gasteiger partial charge in [0.25, 0.3) is 0 Å².